The number of nitrogens with one attached hydrogen (secondary N) is 1. The van der Waals surface area contributed by atoms with Crippen LogP contribution < -0.4 is 10.3 Å². The van der Waals surface area contributed by atoms with Crippen molar-refractivity contribution >= 4 is 46.5 Å². The first-order valence-electron chi connectivity index (χ1n) is 8.46. The second-order valence-electron chi connectivity index (χ2n) is 6.01. The highest BCUT2D eigenvalue weighted by Crippen LogP contribution is 2.31. The first-order valence-corrected chi connectivity index (χ1v) is 9.38. The standard InChI is InChI=1S/C20H17Cl2N3O3/c21-11-16(23-12-13-6-2-1-3-7-13)19-15(10-18(26)27)24-25(20(19)28)17-9-5-4-8-14(17)22/h1-9,23H,10-12H2,(H,26,27). The molecule has 0 fully saturated rings. The molecule has 2 aromatic rings. The van der Waals surface area contributed by atoms with Gasteiger partial charge in [-0.05, 0) is 17.7 Å². The molecule has 144 valence electrons. The van der Waals surface area contributed by atoms with E-state index in [1.54, 1.807) is 24.3 Å². The number of hydrogen-bond acceptors (Lipinski definition) is 4. The number of hydrazone groups is 1. The summed E-state index contributed by atoms with van der Waals surface area (Å²) in [4.78, 5) is 24.4. The van der Waals surface area contributed by atoms with Crippen LogP contribution in [0.1, 0.15) is 12.0 Å². The van der Waals surface area contributed by atoms with E-state index in [0.717, 1.165) is 10.6 Å². The molecule has 0 spiro atoms. The number of para-hydroxylation sites is 1. The van der Waals surface area contributed by atoms with Gasteiger partial charge in [0.15, 0.2) is 0 Å². The van der Waals surface area contributed by atoms with Gasteiger partial charge in [-0.25, -0.2) is 0 Å². The molecule has 1 aliphatic heterocycles. The number of allylic oxidation sites excluding steroid dienone is 1. The molecule has 0 bridgehead atoms. The van der Waals surface area contributed by atoms with Crippen molar-refractivity contribution in [2.45, 2.75) is 13.0 Å². The maximum Gasteiger partial charge on any atom is 0.309 e. The molecule has 28 heavy (non-hydrogen) atoms. The third-order valence-electron chi connectivity index (χ3n) is 4.10. The first kappa shape index (κ1) is 19.9. The van der Waals surface area contributed by atoms with Gasteiger partial charge in [-0.2, -0.15) is 10.1 Å². The van der Waals surface area contributed by atoms with E-state index in [1.165, 1.54) is 0 Å². The predicted octanol–water partition coefficient (Wildman–Crippen LogP) is 3.80. The smallest absolute Gasteiger partial charge is 0.309 e. The molecule has 1 aliphatic rings. The van der Waals surface area contributed by atoms with Crippen molar-refractivity contribution in [3.63, 3.8) is 0 Å². The van der Waals surface area contributed by atoms with Gasteiger partial charge in [0.2, 0.25) is 0 Å². The van der Waals surface area contributed by atoms with Gasteiger partial charge in [-0.1, -0.05) is 54.1 Å². The van der Waals surface area contributed by atoms with Crippen LogP contribution in [-0.4, -0.2) is 28.6 Å². The van der Waals surface area contributed by atoms with Crippen molar-refractivity contribution < 1.29 is 14.7 Å². The number of amides is 1. The summed E-state index contributed by atoms with van der Waals surface area (Å²) in [5.41, 5.74) is 2.09. The average molecular weight is 418 g/mol. The Morgan fingerprint density at radius 3 is 2.43 bits per heavy atom. The lowest BCUT2D eigenvalue weighted by molar-refractivity contribution is -0.135. The van der Waals surface area contributed by atoms with Gasteiger partial charge in [-0.15, -0.1) is 11.6 Å². The summed E-state index contributed by atoms with van der Waals surface area (Å²) < 4.78 is 0. The summed E-state index contributed by atoms with van der Waals surface area (Å²) in [6.45, 7) is 0.437. The zero-order chi connectivity index (χ0) is 20.1. The SMILES string of the molecule is O=C(O)CC1=NN(c2ccccc2Cl)C(=O)C1=C(CCl)NCc1ccccc1. The van der Waals surface area contributed by atoms with Crippen LogP contribution in [0.15, 0.2) is 71.0 Å². The average Bonchev–Trinajstić information content (AvgIpc) is 2.99. The number of aliphatic carboxylic acids is 1. The van der Waals surface area contributed by atoms with E-state index < -0.39 is 18.3 Å². The Hall–Kier alpha value is -2.83. The summed E-state index contributed by atoms with van der Waals surface area (Å²) in [7, 11) is 0. The fourth-order valence-corrected chi connectivity index (χ4v) is 3.25. The van der Waals surface area contributed by atoms with E-state index in [9.17, 15) is 14.7 Å². The van der Waals surface area contributed by atoms with Gasteiger partial charge in [0.05, 0.1) is 34.3 Å². The number of alkyl halides is 1. The zero-order valence-electron chi connectivity index (χ0n) is 14.7. The Kier molecular flexibility index (Phi) is 6.34. The van der Waals surface area contributed by atoms with Crippen LogP contribution in [-0.2, 0) is 16.1 Å². The maximum atomic E-state index is 13.1. The lowest BCUT2D eigenvalue weighted by Crippen LogP contribution is -2.27. The van der Waals surface area contributed by atoms with Crippen LogP contribution >= 0.6 is 23.2 Å². The Morgan fingerprint density at radius 2 is 1.79 bits per heavy atom. The van der Waals surface area contributed by atoms with Crippen molar-refractivity contribution in [3.05, 3.63) is 76.5 Å². The molecule has 8 heteroatoms. The predicted molar refractivity (Wildman–Crippen MR) is 110 cm³/mol. The normalized spacial score (nSPS) is 15.4. The molecule has 0 radical (unpaired) electrons. The molecule has 2 N–H and O–H groups in total. The Morgan fingerprint density at radius 1 is 1.11 bits per heavy atom. The Labute approximate surface area is 172 Å². The number of anilines is 1. The molecule has 2 aromatic carbocycles. The number of carbonyl (C=O) groups excluding carboxylic acids is 1. The largest absolute Gasteiger partial charge is 0.481 e. The summed E-state index contributed by atoms with van der Waals surface area (Å²) in [6, 6.07) is 16.3. The zero-order valence-corrected chi connectivity index (χ0v) is 16.2. The van der Waals surface area contributed by atoms with Gasteiger partial charge < -0.3 is 10.4 Å². The topological polar surface area (TPSA) is 82.0 Å². The molecule has 0 unspecified atom stereocenters. The number of carbonyl (C=O) groups is 2. The number of nitrogens with zero attached hydrogens (tertiary/aromatic N) is 2. The minimum atomic E-state index is -1.10. The van der Waals surface area contributed by atoms with E-state index in [1.807, 2.05) is 30.3 Å². The second kappa shape index (κ2) is 8.91. The Balaban J connectivity index is 1.97. The monoisotopic (exact) mass is 417 g/mol. The number of carboxylic acid groups (broad SMARTS) is 1. The van der Waals surface area contributed by atoms with Gasteiger partial charge in [-0.3, -0.25) is 9.59 Å². The van der Waals surface area contributed by atoms with Gasteiger partial charge in [0.1, 0.15) is 0 Å². The number of carboxylic acids is 1. The molecule has 1 heterocycles. The molecule has 0 aliphatic carbocycles. The lowest BCUT2D eigenvalue weighted by Gasteiger charge is -2.15. The molecule has 6 nitrogen and oxygen atoms in total. The van der Waals surface area contributed by atoms with Crippen molar-refractivity contribution in [2.24, 2.45) is 5.10 Å². The van der Waals surface area contributed by atoms with Crippen LogP contribution in [0, 0.1) is 0 Å². The molecule has 0 saturated heterocycles. The van der Waals surface area contributed by atoms with E-state index >= 15 is 0 Å². The number of rotatable bonds is 7. The molecular weight excluding hydrogens is 401 g/mol. The van der Waals surface area contributed by atoms with Crippen LogP contribution in [0.2, 0.25) is 5.02 Å². The molecule has 0 saturated carbocycles. The van der Waals surface area contributed by atoms with Crippen molar-refractivity contribution in [2.75, 3.05) is 10.9 Å². The molecule has 1 amide bonds. The minimum absolute atomic E-state index is 0.00288. The quantitative estimate of drug-likeness (QED) is 0.530. The maximum absolute atomic E-state index is 13.1. The summed E-state index contributed by atoms with van der Waals surface area (Å²) in [6.07, 6.45) is -0.407. The van der Waals surface area contributed by atoms with Crippen LogP contribution in [0.5, 0.6) is 0 Å². The highest BCUT2D eigenvalue weighted by molar-refractivity contribution is 6.37. The van der Waals surface area contributed by atoms with Crippen LogP contribution in [0.25, 0.3) is 0 Å². The van der Waals surface area contributed by atoms with Crippen LogP contribution in [0.3, 0.4) is 0 Å². The summed E-state index contributed by atoms with van der Waals surface area (Å²) in [5, 5.41) is 18.1. The molecule has 3 rings (SSSR count). The fourth-order valence-electron chi connectivity index (χ4n) is 2.81. The third kappa shape index (κ3) is 4.35. The Bertz CT molecular complexity index is 958. The molecule has 0 aromatic heterocycles. The van der Waals surface area contributed by atoms with Crippen molar-refractivity contribution in [1.82, 2.24) is 5.32 Å². The van der Waals surface area contributed by atoms with Gasteiger partial charge in [0.25, 0.3) is 5.91 Å². The van der Waals surface area contributed by atoms with Crippen molar-refractivity contribution in [1.29, 1.82) is 0 Å². The van der Waals surface area contributed by atoms with E-state index in [0.29, 0.717) is 23.0 Å². The highest BCUT2D eigenvalue weighted by Gasteiger charge is 2.35. The van der Waals surface area contributed by atoms with Gasteiger partial charge >= 0.3 is 5.97 Å². The van der Waals surface area contributed by atoms with E-state index in [-0.39, 0.29) is 17.2 Å². The molecule has 0 atom stereocenters. The first-order chi connectivity index (χ1) is 13.5. The van der Waals surface area contributed by atoms with E-state index in [2.05, 4.69) is 10.4 Å². The van der Waals surface area contributed by atoms with Crippen molar-refractivity contribution in [3.8, 4) is 0 Å². The highest BCUT2D eigenvalue weighted by atomic mass is 35.5. The number of benzene rings is 2. The number of halogens is 2. The molecular formula is C20H17Cl2N3O3. The summed E-state index contributed by atoms with van der Waals surface area (Å²) >= 11 is 12.3. The lowest BCUT2D eigenvalue weighted by atomic mass is 10.1. The van der Waals surface area contributed by atoms with Crippen LogP contribution in [0.4, 0.5) is 5.69 Å². The minimum Gasteiger partial charge on any atom is -0.481 e. The second-order valence-corrected chi connectivity index (χ2v) is 6.69. The summed E-state index contributed by atoms with van der Waals surface area (Å²) in [5.74, 6) is -1.56. The van der Waals surface area contributed by atoms with Gasteiger partial charge in [0, 0.05) is 12.2 Å². The van der Waals surface area contributed by atoms with E-state index in [4.69, 9.17) is 23.2 Å². The third-order valence-corrected chi connectivity index (χ3v) is 4.69. The number of hydrogen-bond donors (Lipinski definition) is 2. The fraction of sp³-hybridized carbons (Fsp3) is 0.150.